The van der Waals surface area contributed by atoms with Gasteiger partial charge in [0.25, 0.3) is 5.92 Å². The normalized spacial score (nSPS) is 12.2. The molecular formula is C17H19F3N4O. The number of hydrogen-bond donors (Lipinski definition) is 2. The van der Waals surface area contributed by atoms with Crippen LogP contribution in [0.2, 0.25) is 0 Å². The summed E-state index contributed by atoms with van der Waals surface area (Å²) in [5.74, 6) is 1.85. The molecule has 2 rings (SSSR count). The molecule has 25 heavy (non-hydrogen) atoms. The summed E-state index contributed by atoms with van der Waals surface area (Å²) < 4.78 is 45.7. The first-order valence-corrected chi connectivity index (χ1v) is 7.40. The Morgan fingerprint density at radius 1 is 1.32 bits per heavy atom. The molecule has 0 bridgehead atoms. The first kappa shape index (κ1) is 18.6. The predicted molar refractivity (Wildman–Crippen MR) is 89.4 cm³/mol. The second-order valence-corrected chi connectivity index (χ2v) is 5.63. The van der Waals surface area contributed by atoms with Gasteiger partial charge in [-0.05, 0) is 30.7 Å². The summed E-state index contributed by atoms with van der Waals surface area (Å²) in [6.07, 6.45) is 2.95. The third-order valence-corrected chi connectivity index (χ3v) is 3.30. The van der Waals surface area contributed by atoms with E-state index in [1.54, 1.807) is 12.3 Å². The Bertz CT molecular complexity index is 757. The highest BCUT2D eigenvalue weighted by Crippen LogP contribution is 2.31. The zero-order valence-electron chi connectivity index (χ0n) is 13.8. The molecule has 1 heterocycles. The van der Waals surface area contributed by atoms with Crippen molar-refractivity contribution in [2.24, 2.45) is 11.6 Å². The van der Waals surface area contributed by atoms with Gasteiger partial charge in [0.2, 0.25) is 5.88 Å². The molecule has 0 saturated heterocycles. The maximum atomic E-state index is 13.5. The zero-order valence-corrected chi connectivity index (χ0v) is 13.8. The molecule has 0 fully saturated rings. The third kappa shape index (κ3) is 5.12. The minimum atomic E-state index is -3.32. The monoisotopic (exact) mass is 352 g/mol. The van der Waals surface area contributed by atoms with Crippen LogP contribution >= 0.6 is 0 Å². The van der Waals surface area contributed by atoms with Gasteiger partial charge in [-0.2, -0.15) is 0 Å². The fourth-order valence-electron chi connectivity index (χ4n) is 2.00. The summed E-state index contributed by atoms with van der Waals surface area (Å²) in [6.45, 7) is 2.51. The Labute approximate surface area is 143 Å². The van der Waals surface area contributed by atoms with Crippen LogP contribution in [0.1, 0.15) is 18.1 Å². The van der Waals surface area contributed by atoms with Gasteiger partial charge in [0.15, 0.2) is 0 Å². The topological polar surface area (TPSA) is 77.4 Å². The van der Waals surface area contributed by atoms with Crippen LogP contribution < -0.4 is 21.3 Å². The van der Waals surface area contributed by atoms with Crippen molar-refractivity contribution in [1.29, 1.82) is 0 Å². The number of hydrogen-bond acceptors (Lipinski definition) is 5. The highest BCUT2D eigenvalue weighted by molar-refractivity contribution is 5.51. The highest BCUT2D eigenvalue weighted by Gasteiger charge is 2.28. The molecule has 2 aromatic rings. The molecule has 0 aliphatic heterocycles. The molecule has 0 saturated carbocycles. The van der Waals surface area contributed by atoms with Gasteiger partial charge in [0.1, 0.15) is 12.4 Å². The average Bonchev–Trinajstić information content (AvgIpc) is 2.53. The molecule has 1 aromatic heterocycles. The van der Waals surface area contributed by atoms with Crippen LogP contribution in [0.4, 0.5) is 18.9 Å². The van der Waals surface area contributed by atoms with Crippen molar-refractivity contribution in [3.8, 4) is 5.88 Å². The number of rotatable bonds is 6. The van der Waals surface area contributed by atoms with Crippen molar-refractivity contribution in [2.45, 2.75) is 19.8 Å². The van der Waals surface area contributed by atoms with Gasteiger partial charge < -0.3 is 10.5 Å². The van der Waals surface area contributed by atoms with E-state index in [4.69, 9.17) is 16.3 Å². The SMILES string of the molecule is Cc1ccc(OC/C(N)=C/N(N)c2ccc(F)c(C(C)(F)F)c2)nc1. The predicted octanol–water partition coefficient (Wildman–Crippen LogP) is 3.20. The first-order chi connectivity index (χ1) is 11.7. The van der Waals surface area contributed by atoms with E-state index < -0.39 is 17.3 Å². The number of hydrazine groups is 1. The van der Waals surface area contributed by atoms with E-state index in [0.717, 1.165) is 22.7 Å². The largest absolute Gasteiger partial charge is 0.471 e. The second kappa shape index (κ2) is 7.43. The van der Waals surface area contributed by atoms with E-state index in [9.17, 15) is 13.2 Å². The van der Waals surface area contributed by atoms with Gasteiger partial charge in [-0.25, -0.2) is 24.0 Å². The maximum Gasteiger partial charge on any atom is 0.273 e. The van der Waals surface area contributed by atoms with Gasteiger partial charge in [0.05, 0.1) is 16.9 Å². The summed E-state index contributed by atoms with van der Waals surface area (Å²) in [7, 11) is 0. The van der Waals surface area contributed by atoms with E-state index in [1.807, 2.05) is 13.0 Å². The lowest BCUT2D eigenvalue weighted by Gasteiger charge is -2.18. The molecule has 0 amide bonds. The number of alkyl halides is 2. The highest BCUT2D eigenvalue weighted by atomic mass is 19.3. The summed E-state index contributed by atoms with van der Waals surface area (Å²) in [4.78, 5) is 4.06. The summed E-state index contributed by atoms with van der Waals surface area (Å²) >= 11 is 0. The van der Waals surface area contributed by atoms with Crippen LogP contribution in [0.5, 0.6) is 5.88 Å². The Morgan fingerprint density at radius 2 is 2.04 bits per heavy atom. The summed E-state index contributed by atoms with van der Waals surface area (Å²) in [5.41, 5.74) is 6.45. The standard InChI is InChI=1S/C17H19F3N4O/c1-11-3-6-16(23-8-11)25-10-12(21)9-24(22)13-4-5-15(18)14(7-13)17(2,19)20/h3-9H,10,21-22H2,1-2H3/b12-9-. The number of aromatic nitrogens is 1. The van der Waals surface area contributed by atoms with Crippen LogP contribution in [0.15, 0.2) is 48.4 Å². The number of halogens is 3. The van der Waals surface area contributed by atoms with Crippen molar-refractivity contribution in [2.75, 3.05) is 11.6 Å². The van der Waals surface area contributed by atoms with Gasteiger partial charge in [0, 0.05) is 25.4 Å². The molecule has 0 aliphatic rings. The molecule has 0 unspecified atom stereocenters. The van der Waals surface area contributed by atoms with Gasteiger partial charge in [-0.3, -0.25) is 5.01 Å². The fraction of sp³-hybridized carbons (Fsp3) is 0.235. The minimum Gasteiger partial charge on any atom is -0.471 e. The number of nitrogens with two attached hydrogens (primary N) is 2. The molecule has 0 radical (unpaired) electrons. The number of anilines is 1. The van der Waals surface area contributed by atoms with Gasteiger partial charge in [-0.15, -0.1) is 0 Å². The van der Waals surface area contributed by atoms with Crippen LogP contribution in [0.3, 0.4) is 0 Å². The van der Waals surface area contributed by atoms with Crippen molar-refractivity contribution < 1.29 is 17.9 Å². The lowest BCUT2D eigenvalue weighted by molar-refractivity contribution is 0.0138. The summed E-state index contributed by atoms with van der Waals surface area (Å²) in [5, 5.41) is 1.02. The van der Waals surface area contributed by atoms with E-state index in [2.05, 4.69) is 4.98 Å². The van der Waals surface area contributed by atoms with Crippen LogP contribution in [0.25, 0.3) is 0 Å². The second-order valence-electron chi connectivity index (χ2n) is 5.63. The summed E-state index contributed by atoms with van der Waals surface area (Å²) in [6, 6.07) is 6.71. The maximum absolute atomic E-state index is 13.5. The van der Waals surface area contributed by atoms with Crippen molar-refractivity contribution in [1.82, 2.24) is 4.98 Å². The Balaban J connectivity index is 2.08. The fourth-order valence-corrected chi connectivity index (χ4v) is 2.00. The van der Waals surface area contributed by atoms with Gasteiger partial charge >= 0.3 is 0 Å². The number of aryl methyl sites for hydroxylation is 1. The van der Waals surface area contributed by atoms with E-state index >= 15 is 0 Å². The smallest absolute Gasteiger partial charge is 0.273 e. The quantitative estimate of drug-likeness (QED) is 0.617. The molecule has 5 nitrogen and oxygen atoms in total. The molecule has 134 valence electrons. The Kier molecular flexibility index (Phi) is 5.53. The first-order valence-electron chi connectivity index (χ1n) is 7.40. The minimum absolute atomic E-state index is 0.00174. The lowest BCUT2D eigenvalue weighted by atomic mass is 10.1. The van der Waals surface area contributed by atoms with E-state index in [-0.39, 0.29) is 18.0 Å². The van der Waals surface area contributed by atoms with Crippen LogP contribution in [-0.2, 0) is 5.92 Å². The molecule has 8 heteroatoms. The molecular weight excluding hydrogens is 333 g/mol. The van der Waals surface area contributed by atoms with Crippen molar-refractivity contribution in [3.63, 3.8) is 0 Å². The average molecular weight is 352 g/mol. The van der Waals surface area contributed by atoms with E-state index in [1.165, 1.54) is 12.3 Å². The Morgan fingerprint density at radius 3 is 2.64 bits per heavy atom. The van der Waals surface area contributed by atoms with Gasteiger partial charge in [-0.1, -0.05) is 6.07 Å². The van der Waals surface area contributed by atoms with Crippen LogP contribution in [-0.4, -0.2) is 11.6 Å². The number of benzene rings is 1. The molecule has 1 aromatic carbocycles. The zero-order chi connectivity index (χ0) is 18.6. The Hall–Kier alpha value is -2.74. The number of nitrogens with zero attached hydrogens (tertiary/aromatic N) is 2. The third-order valence-electron chi connectivity index (χ3n) is 3.30. The van der Waals surface area contributed by atoms with E-state index in [0.29, 0.717) is 12.8 Å². The lowest BCUT2D eigenvalue weighted by Crippen LogP contribution is -2.27. The molecule has 0 atom stereocenters. The number of ether oxygens (including phenoxy) is 1. The van der Waals surface area contributed by atoms with Crippen molar-refractivity contribution in [3.05, 3.63) is 65.4 Å². The number of pyridine rings is 1. The molecule has 0 spiro atoms. The molecule has 4 N–H and O–H groups in total. The molecule has 0 aliphatic carbocycles. The van der Waals surface area contributed by atoms with Crippen LogP contribution in [0, 0.1) is 12.7 Å². The van der Waals surface area contributed by atoms with Crippen molar-refractivity contribution >= 4 is 5.69 Å².